The summed E-state index contributed by atoms with van der Waals surface area (Å²) in [4.78, 5) is 23.6. The molecular weight excluding hydrogens is 340 g/mol. The summed E-state index contributed by atoms with van der Waals surface area (Å²) < 4.78 is 1.59. The number of carbonyl (C=O) groups is 2. The molecule has 25 heavy (non-hydrogen) atoms. The van der Waals surface area contributed by atoms with E-state index in [1.54, 1.807) is 4.68 Å². The zero-order valence-corrected chi connectivity index (χ0v) is 15.8. The number of hydrogen-bond acceptors (Lipinski definition) is 6. The molecule has 0 aliphatic rings. The maximum absolute atomic E-state index is 11.9. The average molecular weight is 362 g/mol. The van der Waals surface area contributed by atoms with Crippen molar-refractivity contribution < 1.29 is 9.59 Å². The molecule has 2 N–H and O–H groups in total. The number of nitrogens with zero attached hydrogens (tertiary/aromatic N) is 4. The van der Waals surface area contributed by atoms with E-state index in [0.29, 0.717) is 5.16 Å². The number of benzene rings is 1. The molecule has 0 aliphatic heterocycles. The Kier molecular flexibility index (Phi) is 5.78. The highest BCUT2D eigenvalue weighted by atomic mass is 32.2. The Hall–Kier alpha value is -2.42. The van der Waals surface area contributed by atoms with Crippen molar-refractivity contribution >= 4 is 23.7 Å². The van der Waals surface area contributed by atoms with Crippen LogP contribution in [0.3, 0.4) is 0 Å². The molecule has 0 aliphatic carbocycles. The van der Waals surface area contributed by atoms with Crippen molar-refractivity contribution in [2.24, 2.45) is 0 Å². The molecule has 1 aromatic carbocycles. The maximum atomic E-state index is 11.9. The van der Waals surface area contributed by atoms with Gasteiger partial charge in [-0.15, -0.1) is 5.10 Å². The molecule has 1 aromatic heterocycles. The molecule has 2 aromatic rings. The van der Waals surface area contributed by atoms with Gasteiger partial charge in [-0.25, -0.2) is 4.79 Å². The Morgan fingerprint density at radius 1 is 1.24 bits per heavy atom. The topological polar surface area (TPSA) is 102 Å². The summed E-state index contributed by atoms with van der Waals surface area (Å²) in [6.07, 6.45) is 0. The molecule has 9 heteroatoms. The SMILES string of the molecule is Cc1cccc(-n2nnnc2SCC(=O)NC(=O)NC(C)(C)C)c1C. The number of imide groups is 1. The van der Waals surface area contributed by atoms with Crippen LogP contribution < -0.4 is 10.6 Å². The normalized spacial score (nSPS) is 11.2. The summed E-state index contributed by atoms with van der Waals surface area (Å²) in [5.74, 6) is -0.384. The molecule has 0 saturated heterocycles. The number of tetrazole rings is 1. The Balaban J connectivity index is 2.01. The van der Waals surface area contributed by atoms with Crippen molar-refractivity contribution in [1.82, 2.24) is 30.8 Å². The number of amides is 3. The van der Waals surface area contributed by atoms with E-state index in [9.17, 15) is 9.59 Å². The Morgan fingerprint density at radius 2 is 1.96 bits per heavy atom. The van der Waals surface area contributed by atoms with Gasteiger partial charge in [-0.2, -0.15) is 4.68 Å². The maximum Gasteiger partial charge on any atom is 0.321 e. The first kappa shape index (κ1) is 18.9. The molecule has 0 fully saturated rings. The molecular formula is C16H22N6O2S. The largest absolute Gasteiger partial charge is 0.333 e. The van der Waals surface area contributed by atoms with Gasteiger partial charge in [0.25, 0.3) is 0 Å². The third-order valence-electron chi connectivity index (χ3n) is 3.32. The van der Waals surface area contributed by atoms with Gasteiger partial charge in [-0.1, -0.05) is 23.9 Å². The van der Waals surface area contributed by atoms with Crippen LogP contribution in [0.5, 0.6) is 0 Å². The van der Waals surface area contributed by atoms with Crippen molar-refractivity contribution in [1.29, 1.82) is 0 Å². The number of hydrogen-bond donors (Lipinski definition) is 2. The minimum absolute atomic E-state index is 0.0306. The van der Waals surface area contributed by atoms with Crippen LogP contribution in [-0.2, 0) is 4.79 Å². The van der Waals surface area contributed by atoms with E-state index in [2.05, 4.69) is 26.2 Å². The molecule has 134 valence electrons. The molecule has 0 radical (unpaired) electrons. The lowest BCUT2D eigenvalue weighted by atomic mass is 10.1. The quantitative estimate of drug-likeness (QED) is 0.807. The van der Waals surface area contributed by atoms with Crippen LogP contribution in [0, 0.1) is 13.8 Å². The Bertz CT molecular complexity index is 781. The van der Waals surface area contributed by atoms with Crippen molar-refractivity contribution in [3.05, 3.63) is 29.3 Å². The predicted octanol–water partition coefficient (Wildman–Crippen LogP) is 2.00. The van der Waals surface area contributed by atoms with Gasteiger partial charge in [0, 0.05) is 5.54 Å². The fourth-order valence-electron chi connectivity index (χ4n) is 2.05. The molecule has 0 saturated carbocycles. The lowest BCUT2D eigenvalue weighted by Crippen LogP contribution is -2.48. The molecule has 0 atom stereocenters. The molecule has 0 bridgehead atoms. The molecule has 3 amide bonds. The predicted molar refractivity (Wildman–Crippen MR) is 95.8 cm³/mol. The van der Waals surface area contributed by atoms with Gasteiger partial charge in [0.1, 0.15) is 0 Å². The van der Waals surface area contributed by atoms with E-state index < -0.39 is 17.5 Å². The first-order valence-electron chi connectivity index (χ1n) is 7.77. The van der Waals surface area contributed by atoms with Crippen LogP contribution in [-0.4, -0.2) is 43.4 Å². The fourth-order valence-corrected chi connectivity index (χ4v) is 2.73. The highest BCUT2D eigenvalue weighted by Gasteiger charge is 2.17. The van der Waals surface area contributed by atoms with Gasteiger partial charge in [0.05, 0.1) is 11.4 Å². The van der Waals surface area contributed by atoms with Crippen LogP contribution in [0.15, 0.2) is 23.4 Å². The number of carbonyl (C=O) groups excluding carboxylic acids is 2. The molecule has 0 spiro atoms. The van der Waals surface area contributed by atoms with E-state index >= 15 is 0 Å². The summed E-state index contributed by atoms with van der Waals surface area (Å²) in [5, 5.41) is 17.1. The number of aryl methyl sites for hydroxylation is 1. The Labute approximate surface area is 150 Å². The number of rotatable bonds is 4. The summed E-state index contributed by atoms with van der Waals surface area (Å²) in [5.41, 5.74) is 2.63. The van der Waals surface area contributed by atoms with Crippen LogP contribution in [0.25, 0.3) is 5.69 Å². The standard InChI is InChI=1S/C16H22N6O2S/c1-10-7-6-8-12(11(10)2)22-15(19-20-21-22)25-9-13(23)17-14(24)18-16(3,4)5/h6-8H,9H2,1-5H3,(H2,17,18,23,24). The van der Waals surface area contributed by atoms with E-state index in [4.69, 9.17) is 0 Å². The summed E-state index contributed by atoms with van der Waals surface area (Å²) in [7, 11) is 0. The fraction of sp³-hybridized carbons (Fsp3) is 0.438. The first-order chi connectivity index (χ1) is 11.7. The van der Waals surface area contributed by atoms with E-state index in [1.807, 2.05) is 52.8 Å². The summed E-state index contributed by atoms with van der Waals surface area (Å²) in [6.45, 7) is 9.51. The van der Waals surface area contributed by atoms with Gasteiger partial charge in [0.15, 0.2) is 0 Å². The number of nitrogens with one attached hydrogen (secondary N) is 2. The lowest BCUT2D eigenvalue weighted by molar-refractivity contribution is -0.117. The molecule has 2 rings (SSSR count). The van der Waals surface area contributed by atoms with E-state index in [1.165, 1.54) is 11.8 Å². The van der Waals surface area contributed by atoms with Crippen molar-refractivity contribution in [3.63, 3.8) is 0 Å². The number of urea groups is 1. The number of aromatic nitrogens is 4. The summed E-state index contributed by atoms with van der Waals surface area (Å²) in [6, 6.07) is 5.33. The van der Waals surface area contributed by atoms with Gasteiger partial charge >= 0.3 is 6.03 Å². The van der Waals surface area contributed by atoms with E-state index in [0.717, 1.165) is 16.8 Å². The third-order valence-corrected chi connectivity index (χ3v) is 4.24. The van der Waals surface area contributed by atoms with Crippen molar-refractivity contribution in [3.8, 4) is 5.69 Å². The van der Waals surface area contributed by atoms with Crippen molar-refractivity contribution in [2.75, 3.05) is 5.75 Å². The average Bonchev–Trinajstić information content (AvgIpc) is 2.94. The second-order valence-corrected chi connectivity index (χ2v) is 7.58. The van der Waals surface area contributed by atoms with Gasteiger partial charge in [0.2, 0.25) is 11.1 Å². The smallest absolute Gasteiger partial charge is 0.321 e. The van der Waals surface area contributed by atoms with Crippen molar-refractivity contribution in [2.45, 2.75) is 45.3 Å². The van der Waals surface area contributed by atoms with E-state index in [-0.39, 0.29) is 5.75 Å². The van der Waals surface area contributed by atoms with Crippen LogP contribution in [0.2, 0.25) is 0 Å². The highest BCUT2D eigenvalue weighted by molar-refractivity contribution is 7.99. The van der Waals surface area contributed by atoms with Crippen LogP contribution >= 0.6 is 11.8 Å². The highest BCUT2D eigenvalue weighted by Crippen LogP contribution is 2.22. The second kappa shape index (κ2) is 7.64. The third kappa shape index (κ3) is 5.28. The minimum atomic E-state index is -0.521. The minimum Gasteiger partial charge on any atom is -0.333 e. The molecule has 1 heterocycles. The number of thioether (sulfide) groups is 1. The summed E-state index contributed by atoms with van der Waals surface area (Å²) >= 11 is 1.17. The zero-order chi connectivity index (χ0) is 18.6. The van der Waals surface area contributed by atoms with Gasteiger partial charge in [-0.05, 0) is 62.2 Å². The van der Waals surface area contributed by atoms with Crippen LogP contribution in [0.4, 0.5) is 4.79 Å². The van der Waals surface area contributed by atoms with Gasteiger partial charge in [-0.3, -0.25) is 10.1 Å². The first-order valence-corrected chi connectivity index (χ1v) is 8.76. The molecule has 8 nitrogen and oxygen atoms in total. The second-order valence-electron chi connectivity index (χ2n) is 6.63. The van der Waals surface area contributed by atoms with Crippen LogP contribution in [0.1, 0.15) is 31.9 Å². The lowest BCUT2D eigenvalue weighted by Gasteiger charge is -2.20. The van der Waals surface area contributed by atoms with Gasteiger partial charge < -0.3 is 5.32 Å². The Morgan fingerprint density at radius 3 is 2.64 bits per heavy atom. The zero-order valence-electron chi connectivity index (χ0n) is 15.0. The molecule has 0 unspecified atom stereocenters. The monoisotopic (exact) mass is 362 g/mol.